The van der Waals surface area contributed by atoms with Crippen LogP contribution in [0.4, 0.5) is 13.2 Å². The molecule has 0 atom stereocenters. The largest absolute Gasteiger partial charge is 0.573 e. The number of carboxylic acid groups (broad SMARTS) is 1. The minimum absolute atomic E-state index is 0.0838. The maximum atomic E-state index is 12.0. The summed E-state index contributed by atoms with van der Waals surface area (Å²) in [5.41, 5.74) is 0.478. The number of aliphatic carboxylic acids is 1. The van der Waals surface area contributed by atoms with Crippen molar-refractivity contribution in [1.82, 2.24) is 4.90 Å². The van der Waals surface area contributed by atoms with Crippen LogP contribution >= 0.6 is 0 Å². The number of alkyl halides is 3. The molecule has 0 bridgehead atoms. The van der Waals surface area contributed by atoms with Crippen molar-refractivity contribution in [2.45, 2.75) is 26.1 Å². The highest BCUT2D eigenvalue weighted by atomic mass is 19.4. The minimum atomic E-state index is -4.77. The number of hydrogen-bond acceptors (Lipinski definition) is 3. The van der Waals surface area contributed by atoms with Gasteiger partial charge in [-0.15, -0.1) is 13.2 Å². The first-order valence-electron chi connectivity index (χ1n) is 6.55. The van der Waals surface area contributed by atoms with E-state index in [0.717, 1.165) is 12.1 Å². The van der Waals surface area contributed by atoms with Crippen LogP contribution in [0.2, 0.25) is 0 Å². The highest BCUT2D eigenvalue weighted by molar-refractivity contribution is 5.83. The third-order valence-corrected chi connectivity index (χ3v) is 2.68. The first-order chi connectivity index (χ1) is 10.2. The van der Waals surface area contributed by atoms with Crippen LogP contribution in [0.1, 0.15) is 18.9 Å². The molecule has 0 saturated carbocycles. The Morgan fingerprint density at radius 1 is 1.23 bits per heavy atom. The van der Waals surface area contributed by atoms with Crippen molar-refractivity contribution < 1.29 is 32.6 Å². The Morgan fingerprint density at radius 3 is 2.27 bits per heavy atom. The molecule has 1 aromatic carbocycles. The van der Waals surface area contributed by atoms with E-state index in [2.05, 4.69) is 4.74 Å². The molecule has 0 unspecified atom stereocenters. The Kier molecular flexibility index (Phi) is 6.21. The van der Waals surface area contributed by atoms with E-state index < -0.39 is 24.8 Å². The number of amides is 1. The van der Waals surface area contributed by atoms with Crippen molar-refractivity contribution >= 4 is 11.9 Å². The molecule has 1 amide bonds. The van der Waals surface area contributed by atoms with Crippen LogP contribution in [-0.2, 0) is 16.0 Å². The first kappa shape index (κ1) is 17.8. The molecule has 0 radical (unpaired) electrons. The van der Waals surface area contributed by atoms with Crippen LogP contribution in [0.3, 0.4) is 0 Å². The molecule has 22 heavy (non-hydrogen) atoms. The van der Waals surface area contributed by atoms with Crippen molar-refractivity contribution in [2.75, 3.05) is 13.1 Å². The lowest BCUT2D eigenvalue weighted by Gasteiger charge is -2.20. The molecule has 0 saturated heterocycles. The number of hydrogen-bond donors (Lipinski definition) is 1. The maximum absolute atomic E-state index is 12.0. The Bertz CT molecular complexity index is 514. The fourth-order valence-corrected chi connectivity index (χ4v) is 1.82. The summed E-state index contributed by atoms with van der Waals surface area (Å²) in [6.07, 6.45) is -4.24. The highest BCUT2D eigenvalue weighted by Crippen LogP contribution is 2.22. The topological polar surface area (TPSA) is 66.8 Å². The van der Waals surface area contributed by atoms with Gasteiger partial charge in [0, 0.05) is 6.54 Å². The lowest BCUT2D eigenvalue weighted by atomic mass is 10.1. The molecule has 5 nitrogen and oxygen atoms in total. The predicted octanol–water partition coefficient (Wildman–Crippen LogP) is 2.45. The van der Waals surface area contributed by atoms with Crippen molar-refractivity contribution in [2.24, 2.45) is 0 Å². The summed E-state index contributed by atoms with van der Waals surface area (Å²) < 4.78 is 39.8. The number of benzene rings is 1. The van der Waals surface area contributed by atoms with E-state index in [0.29, 0.717) is 18.5 Å². The van der Waals surface area contributed by atoms with Gasteiger partial charge >= 0.3 is 12.3 Å². The number of carbonyl (C=O) groups is 2. The summed E-state index contributed by atoms with van der Waals surface area (Å²) in [5.74, 6) is -1.89. The number of ether oxygens (including phenoxy) is 1. The smallest absolute Gasteiger partial charge is 0.480 e. The predicted molar refractivity (Wildman–Crippen MR) is 71.3 cm³/mol. The average Bonchev–Trinajstić information content (AvgIpc) is 2.38. The molecule has 0 fully saturated rings. The van der Waals surface area contributed by atoms with E-state index in [1.807, 2.05) is 6.92 Å². The summed E-state index contributed by atoms with van der Waals surface area (Å²) in [4.78, 5) is 23.9. The van der Waals surface area contributed by atoms with Crippen molar-refractivity contribution in [1.29, 1.82) is 0 Å². The van der Waals surface area contributed by atoms with Gasteiger partial charge < -0.3 is 14.7 Å². The molecule has 0 heterocycles. The molecular weight excluding hydrogens is 303 g/mol. The Balaban J connectivity index is 2.68. The molecular formula is C14H16F3NO4. The van der Waals surface area contributed by atoms with Crippen LogP contribution < -0.4 is 4.74 Å². The van der Waals surface area contributed by atoms with Gasteiger partial charge in [-0.05, 0) is 24.1 Å². The third-order valence-electron chi connectivity index (χ3n) is 2.68. The lowest BCUT2D eigenvalue weighted by molar-refractivity contribution is -0.274. The zero-order valence-corrected chi connectivity index (χ0v) is 11.9. The molecule has 122 valence electrons. The molecule has 0 aliphatic carbocycles. The normalized spacial score (nSPS) is 11.1. The molecule has 1 N–H and O–H groups in total. The van der Waals surface area contributed by atoms with Gasteiger partial charge in [-0.1, -0.05) is 19.1 Å². The third kappa shape index (κ3) is 6.47. The van der Waals surface area contributed by atoms with E-state index in [9.17, 15) is 22.8 Å². The average molecular weight is 319 g/mol. The van der Waals surface area contributed by atoms with Gasteiger partial charge in [0.25, 0.3) is 0 Å². The molecule has 1 rings (SSSR count). The fraction of sp³-hybridized carbons (Fsp3) is 0.429. The molecule has 1 aromatic rings. The molecule has 0 aliphatic rings. The molecule has 8 heteroatoms. The van der Waals surface area contributed by atoms with Gasteiger partial charge in [0.2, 0.25) is 5.91 Å². The van der Waals surface area contributed by atoms with Gasteiger partial charge in [0.15, 0.2) is 0 Å². The van der Waals surface area contributed by atoms with Crippen LogP contribution in [0, 0.1) is 0 Å². The fourth-order valence-electron chi connectivity index (χ4n) is 1.82. The van der Waals surface area contributed by atoms with E-state index in [-0.39, 0.29) is 12.2 Å². The van der Waals surface area contributed by atoms with Gasteiger partial charge in [-0.2, -0.15) is 0 Å². The number of nitrogens with zero attached hydrogens (tertiary/aromatic N) is 1. The summed E-state index contributed by atoms with van der Waals surface area (Å²) in [5, 5.41) is 8.75. The number of halogens is 3. The number of carbonyl (C=O) groups excluding carboxylic acids is 1. The van der Waals surface area contributed by atoms with Crippen LogP contribution in [0.15, 0.2) is 24.3 Å². The van der Waals surface area contributed by atoms with E-state index in [1.54, 1.807) is 0 Å². The molecule has 0 spiro atoms. The van der Waals surface area contributed by atoms with E-state index >= 15 is 0 Å². The van der Waals surface area contributed by atoms with Crippen molar-refractivity contribution in [3.8, 4) is 5.75 Å². The monoisotopic (exact) mass is 319 g/mol. The van der Waals surface area contributed by atoms with Gasteiger partial charge in [-0.25, -0.2) is 0 Å². The first-order valence-corrected chi connectivity index (χ1v) is 6.55. The molecule has 0 aliphatic heterocycles. The van der Waals surface area contributed by atoms with Crippen molar-refractivity contribution in [3.63, 3.8) is 0 Å². The maximum Gasteiger partial charge on any atom is 0.573 e. The van der Waals surface area contributed by atoms with Gasteiger partial charge in [-0.3, -0.25) is 9.59 Å². The van der Waals surface area contributed by atoms with E-state index in [4.69, 9.17) is 5.11 Å². The summed E-state index contributed by atoms with van der Waals surface area (Å²) in [7, 11) is 0. The number of rotatable bonds is 7. The van der Waals surface area contributed by atoms with Gasteiger partial charge in [0.1, 0.15) is 12.3 Å². The minimum Gasteiger partial charge on any atom is -0.480 e. The standard InChI is InChI=1S/C14H16F3NO4/c1-2-7-18(9-13(20)21)12(19)8-10-3-5-11(6-4-10)22-14(15,16)17/h3-6H,2,7-9H2,1H3,(H,20,21). The Hall–Kier alpha value is -2.25. The van der Waals surface area contributed by atoms with Crippen LogP contribution in [0.25, 0.3) is 0 Å². The summed E-state index contributed by atoms with van der Waals surface area (Å²) in [6, 6.07) is 4.89. The zero-order chi connectivity index (χ0) is 16.8. The Labute approximate surface area is 125 Å². The summed E-state index contributed by atoms with van der Waals surface area (Å²) >= 11 is 0. The second-order valence-electron chi connectivity index (χ2n) is 4.58. The SMILES string of the molecule is CCCN(CC(=O)O)C(=O)Cc1ccc(OC(F)(F)F)cc1. The number of carboxylic acids is 1. The summed E-state index contributed by atoms with van der Waals surface area (Å²) in [6.45, 7) is 1.72. The zero-order valence-electron chi connectivity index (χ0n) is 11.9. The molecule has 0 aromatic heterocycles. The van der Waals surface area contributed by atoms with Crippen molar-refractivity contribution in [3.05, 3.63) is 29.8 Å². The van der Waals surface area contributed by atoms with E-state index in [1.165, 1.54) is 17.0 Å². The van der Waals surface area contributed by atoms with Gasteiger partial charge in [0.05, 0.1) is 6.42 Å². The second kappa shape index (κ2) is 7.67. The second-order valence-corrected chi connectivity index (χ2v) is 4.58. The van der Waals surface area contributed by atoms with Crippen LogP contribution in [0.5, 0.6) is 5.75 Å². The highest BCUT2D eigenvalue weighted by Gasteiger charge is 2.31. The Morgan fingerprint density at radius 2 is 1.82 bits per heavy atom. The quantitative estimate of drug-likeness (QED) is 0.838. The van der Waals surface area contributed by atoms with Crippen LogP contribution in [-0.4, -0.2) is 41.3 Å². The lowest BCUT2D eigenvalue weighted by Crippen LogP contribution is -2.37.